The highest BCUT2D eigenvalue weighted by Crippen LogP contribution is 2.23. The van der Waals surface area contributed by atoms with Gasteiger partial charge in [0.25, 0.3) is 5.91 Å². The van der Waals surface area contributed by atoms with E-state index in [0.717, 1.165) is 5.56 Å². The maximum Gasteiger partial charge on any atom is 0.311 e. The van der Waals surface area contributed by atoms with Crippen LogP contribution in [0.2, 0.25) is 10.0 Å². The topological polar surface area (TPSA) is 55.4 Å². The Hall–Kier alpha value is -2.11. The predicted molar refractivity (Wildman–Crippen MR) is 98.7 cm³/mol. The standard InChI is InChI=1S/C19H18Cl2FNO3/c1-11(14-4-6-15(22)7-5-14)23-19(25)12(2)26-18(24)10-13-3-8-16(20)17(21)9-13/h3-9,11-12H,10H2,1-2H3,(H,23,25)/t11-,12+/m0/s1. The van der Waals surface area contributed by atoms with Crippen molar-refractivity contribution in [2.45, 2.75) is 32.4 Å². The van der Waals surface area contributed by atoms with Crippen LogP contribution in [0.25, 0.3) is 0 Å². The fraction of sp³-hybridized carbons (Fsp3) is 0.263. The Bertz CT molecular complexity index is 796. The highest BCUT2D eigenvalue weighted by Gasteiger charge is 2.20. The zero-order chi connectivity index (χ0) is 19.3. The molecule has 2 atom stereocenters. The summed E-state index contributed by atoms with van der Waals surface area (Å²) < 4.78 is 18.1. The quantitative estimate of drug-likeness (QED) is 0.730. The monoisotopic (exact) mass is 397 g/mol. The number of halogens is 3. The molecule has 7 heteroatoms. The number of carbonyl (C=O) groups is 2. The van der Waals surface area contributed by atoms with Gasteiger partial charge in [0, 0.05) is 0 Å². The summed E-state index contributed by atoms with van der Waals surface area (Å²) in [6.45, 7) is 3.24. The summed E-state index contributed by atoms with van der Waals surface area (Å²) in [6, 6.07) is 10.3. The number of hydrogen-bond donors (Lipinski definition) is 1. The van der Waals surface area contributed by atoms with Crippen molar-refractivity contribution in [2.75, 3.05) is 0 Å². The Balaban J connectivity index is 1.88. The third-order valence-corrected chi connectivity index (χ3v) is 4.48. The molecule has 0 bridgehead atoms. The normalized spacial score (nSPS) is 13.0. The number of nitrogens with one attached hydrogen (secondary N) is 1. The summed E-state index contributed by atoms with van der Waals surface area (Å²) in [5, 5.41) is 3.46. The van der Waals surface area contributed by atoms with Gasteiger partial charge in [0.05, 0.1) is 22.5 Å². The molecule has 138 valence electrons. The largest absolute Gasteiger partial charge is 0.452 e. The number of ether oxygens (including phenoxy) is 1. The summed E-state index contributed by atoms with van der Waals surface area (Å²) in [4.78, 5) is 24.2. The molecule has 1 N–H and O–H groups in total. The minimum Gasteiger partial charge on any atom is -0.452 e. The van der Waals surface area contributed by atoms with Crippen molar-refractivity contribution in [1.82, 2.24) is 5.32 Å². The highest BCUT2D eigenvalue weighted by atomic mass is 35.5. The summed E-state index contributed by atoms with van der Waals surface area (Å²) in [5.41, 5.74) is 1.38. The zero-order valence-corrected chi connectivity index (χ0v) is 15.8. The van der Waals surface area contributed by atoms with Gasteiger partial charge in [0.15, 0.2) is 6.10 Å². The van der Waals surface area contributed by atoms with Crippen molar-refractivity contribution >= 4 is 35.1 Å². The SMILES string of the molecule is C[C@H](NC(=O)[C@@H](C)OC(=O)Cc1ccc(Cl)c(Cl)c1)c1ccc(F)cc1. The summed E-state index contributed by atoms with van der Waals surface area (Å²) >= 11 is 11.7. The maximum absolute atomic E-state index is 12.9. The van der Waals surface area contributed by atoms with E-state index >= 15 is 0 Å². The minimum absolute atomic E-state index is 0.0258. The van der Waals surface area contributed by atoms with Gasteiger partial charge in [-0.05, 0) is 49.2 Å². The van der Waals surface area contributed by atoms with E-state index in [-0.39, 0.29) is 18.3 Å². The van der Waals surface area contributed by atoms with E-state index < -0.39 is 18.0 Å². The Kier molecular flexibility index (Phi) is 7.00. The van der Waals surface area contributed by atoms with Crippen molar-refractivity contribution in [3.05, 3.63) is 69.5 Å². The smallest absolute Gasteiger partial charge is 0.311 e. The van der Waals surface area contributed by atoms with Gasteiger partial charge in [-0.25, -0.2) is 4.39 Å². The van der Waals surface area contributed by atoms with Crippen LogP contribution in [0.3, 0.4) is 0 Å². The number of carbonyl (C=O) groups excluding carboxylic acids is 2. The molecule has 0 saturated heterocycles. The van der Waals surface area contributed by atoms with Crippen LogP contribution in [-0.4, -0.2) is 18.0 Å². The van der Waals surface area contributed by atoms with Crippen LogP contribution in [0.1, 0.15) is 31.0 Å². The van der Waals surface area contributed by atoms with Crippen LogP contribution in [0.4, 0.5) is 4.39 Å². The highest BCUT2D eigenvalue weighted by molar-refractivity contribution is 6.42. The van der Waals surface area contributed by atoms with Crippen LogP contribution in [0.15, 0.2) is 42.5 Å². The zero-order valence-electron chi connectivity index (χ0n) is 14.3. The van der Waals surface area contributed by atoms with Gasteiger partial charge >= 0.3 is 5.97 Å². The van der Waals surface area contributed by atoms with Gasteiger partial charge < -0.3 is 10.1 Å². The van der Waals surface area contributed by atoms with Crippen LogP contribution >= 0.6 is 23.2 Å². The third-order valence-electron chi connectivity index (χ3n) is 3.74. The molecule has 0 radical (unpaired) electrons. The van der Waals surface area contributed by atoms with Crippen molar-refractivity contribution in [1.29, 1.82) is 0 Å². The molecule has 26 heavy (non-hydrogen) atoms. The second kappa shape index (κ2) is 9.01. The van der Waals surface area contributed by atoms with Crippen molar-refractivity contribution in [3.63, 3.8) is 0 Å². The van der Waals surface area contributed by atoms with E-state index in [0.29, 0.717) is 15.6 Å². The lowest BCUT2D eigenvalue weighted by Gasteiger charge is -2.18. The second-order valence-electron chi connectivity index (χ2n) is 5.84. The van der Waals surface area contributed by atoms with Crippen molar-refractivity contribution < 1.29 is 18.7 Å². The number of hydrogen-bond acceptors (Lipinski definition) is 3. The molecule has 0 fully saturated rings. The van der Waals surface area contributed by atoms with Crippen LogP contribution < -0.4 is 5.32 Å². The molecule has 0 aliphatic heterocycles. The van der Waals surface area contributed by atoms with Gasteiger partial charge in [0.1, 0.15) is 5.82 Å². The fourth-order valence-electron chi connectivity index (χ4n) is 2.27. The fourth-order valence-corrected chi connectivity index (χ4v) is 2.59. The number of amides is 1. The minimum atomic E-state index is -0.965. The molecule has 0 aromatic heterocycles. The van der Waals surface area contributed by atoms with Crippen molar-refractivity contribution in [3.8, 4) is 0 Å². The van der Waals surface area contributed by atoms with Crippen LogP contribution in [0.5, 0.6) is 0 Å². The van der Waals surface area contributed by atoms with E-state index in [1.807, 2.05) is 0 Å². The molecule has 0 saturated carbocycles. The molecule has 0 spiro atoms. The Morgan fingerprint density at radius 2 is 1.73 bits per heavy atom. The van der Waals surface area contributed by atoms with Crippen LogP contribution in [-0.2, 0) is 20.7 Å². The molecule has 2 rings (SSSR count). The molecule has 2 aromatic carbocycles. The average Bonchev–Trinajstić information content (AvgIpc) is 2.58. The van der Waals surface area contributed by atoms with Gasteiger partial charge in [-0.15, -0.1) is 0 Å². The molecular formula is C19H18Cl2FNO3. The first-order valence-electron chi connectivity index (χ1n) is 7.95. The molecular weight excluding hydrogens is 380 g/mol. The van der Waals surface area contributed by atoms with E-state index in [9.17, 15) is 14.0 Å². The Morgan fingerprint density at radius 3 is 2.35 bits per heavy atom. The molecule has 0 aliphatic carbocycles. The lowest BCUT2D eigenvalue weighted by molar-refractivity contribution is -0.154. The molecule has 0 heterocycles. The Labute approximate surface area is 161 Å². The van der Waals surface area contributed by atoms with Gasteiger partial charge in [0.2, 0.25) is 0 Å². The lowest BCUT2D eigenvalue weighted by atomic mass is 10.1. The Morgan fingerprint density at radius 1 is 1.08 bits per heavy atom. The average molecular weight is 398 g/mol. The van der Waals surface area contributed by atoms with E-state index in [1.165, 1.54) is 19.1 Å². The molecule has 2 aromatic rings. The number of rotatable bonds is 6. The van der Waals surface area contributed by atoms with E-state index in [4.69, 9.17) is 27.9 Å². The van der Waals surface area contributed by atoms with E-state index in [2.05, 4.69) is 5.32 Å². The molecule has 0 aliphatic rings. The van der Waals surface area contributed by atoms with Gasteiger partial charge in [-0.2, -0.15) is 0 Å². The van der Waals surface area contributed by atoms with Crippen LogP contribution in [0, 0.1) is 5.82 Å². The first-order chi connectivity index (χ1) is 12.3. The molecule has 4 nitrogen and oxygen atoms in total. The number of benzene rings is 2. The maximum atomic E-state index is 12.9. The first kappa shape index (κ1) is 20.2. The molecule has 0 unspecified atom stereocenters. The van der Waals surface area contributed by atoms with Gasteiger partial charge in [-0.1, -0.05) is 41.4 Å². The summed E-state index contributed by atoms with van der Waals surface area (Å²) in [7, 11) is 0. The summed E-state index contributed by atoms with van der Waals surface area (Å²) in [6.07, 6.45) is -0.990. The number of esters is 1. The lowest BCUT2D eigenvalue weighted by Crippen LogP contribution is -2.37. The van der Waals surface area contributed by atoms with Crippen molar-refractivity contribution in [2.24, 2.45) is 0 Å². The molecule has 1 amide bonds. The first-order valence-corrected chi connectivity index (χ1v) is 8.71. The van der Waals surface area contributed by atoms with E-state index in [1.54, 1.807) is 37.3 Å². The van der Waals surface area contributed by atoms with Gasteiger partial charge in [-0.3, -0.25) is 9.59 Å². The second-order valence-corrected chi connectivity index (χ2v) is 6.65. The summed E-state index contributed by atoms with van der Waals surface area (Å²) in [5.74, 6) is -1.35. The third kappa shape index (κ3) is 5.71. The predicted octanol–water partition coefficient (Wildman–Crippen LogP) is 4.48.